The number of ether oxygens (including phenoxy) is 1. The van der Waals surface area contributed by atoms with Gasteiger partial charge in [-0.3, -0.25) is 0 Å². The van der Waals surface area contributed by atoms with Crippen molar-refractivity contribution in [2.24, 2.45) is 5.73 Å². The first-order chi connectivity index (χ1) is 17.1. The Morgan fingerprint density at radius 3 is 1.80 bits per heavy atom. The molecule has 0 bridgehead atoms. The summed E-state index contributed by atoms with van der Waals surface area (Å²) < 4.78 is 19.0. The molecule has 13 heteroatoms. The lowest BCUT2D eigenvalue weighted by molar-refractivity contribution is 0.0601. The Morgan fingerprint density at radius 1 is 0.800 bits per heavy atom. The molecule has 0 saturated carbocycles. The number of esters is 1. The minimum atomic E-state index is -0.338. The number of rotatable bonds is 3. The maximum absolute atomic E-state index is 11.1. The van der Waals surface area contributed by atoms with E-state index in [0.717, 1.165) is 41.8 Å². The fourth-order valence-electron chi connectivity index (χ4n) is 2.89. The fourth-order valence-corrected chi connectivity index (χ4v) is 4.74. The molecule has 0 saturated heterocycles. The molecule has 0 aliphatic heterocycles. The van der Waals surface area contributed by atoms with Gasteiger partial charge in [-0.2, -0.15) is 0 Å². The van der Waals surface area contributed by atoms with Gasteiger partial charge in [-0.1, -0.05) is 25.6 Å². The molecule has 0 amide bonds. The number of carbonyl (C=O) groups is 1. The van der Waals surface area contributed by atoms with Crippen LogP contribution in [0.25, 0.3) is 30.6 Å². The highest BCUT2D eigenvalue weighted by Gasteiger charge is 2.07. The number of aliphatic hydroxyl groups is 1. The minimum Gasteiger partial charge on any atom is -0.465 e. The molecule has 0 spiro atoms. The zero-order chi connectivity index (χ0) is 24.6. The van der Waals surface area contributed by atoms with Crippen molar-refractivity contribution in [3.05, 3.63) is 71.3 Å². The Hall–Kier alpha value is -3.49. The Labute approximate surface area is 211 Å². The summed E-state index contributed by atoms with van der Waals surface area (Å²) >= 11 is 4.01. The van der Waals surface area contributed by atoms with Crippen molar-refractivity contribution in [2.75, 3.05) is 7.11 Å². The summed E-state index contributed by atoms with van der Waals surface area (Å²) in [6.07, 6.45) is 0. The van der Waals surface area contributed by atoms with Crippen LogP contribution in [-0.4, -0.2) is 46.9 Å². The second-order valence-electron chi connectivity index (χ2n) is 6.96. The number of hydrogen-bond donors (Lipinski definition) is 2. The van der Waals surface area contributed by atoms with Gasteiger partial charge in [0.2, 0.25) is 0 Å². The van der Waals surface area contributed by atoms with Gasteiger partial charge in [0.25, 0.3) is 0 Å². The van der Waals surface area contributed by atoms with Crippen molar-refractivity contribution < 1.29 is 14.6 Å². The molecule has 35 heavy (non-hydrogen) atoms. The summed E-state index contributed by atoms with van der Waals surface area (Å²) in [5, 5.41) is 20.5. The maximum Gasteiger partial charge on any atom is 0.337 e. The van der Waals surface area contributed by atoms with E-state index in [1.165, 1.54) is 41.7 Å². The molecule has 0 radical (unpaired) electrons. The van der Waals surface area contributed by atoms with Gasteiger partial charge in [0, 0.05) is 6.54 Å². The lowest BCUT2D eigenvalue weighted by Crippen LogP contribution is -1.99. The number of nitrogens with two attached hydrogens (primary N) is 1. The van der Waals surface area contributed by atoms with E-state index in [-0.39, 0.29) is 12.6 Å². The molecule has 3 aromatic carbocycles. The summed E-state index contributed by atoms with van der Waals surface area (Å²) in [6, 6.07) is 16.7. The van der Waals surface area contributed by atoms with Crippen LogP contribution in [0.1, 0.15) is 21.5 Å². The van der Waals surface area contributed by atoms with Gasteiger partial charge in [0.05, 0.1) is 33.4 Å². The third-order valence-corrected chi connectivity index (χ3v) is 6.77. The van der Waals surface area contributed by atoms with Crippen LogP contribution in [0.2, 0.25) is 0 Å². The Bertz CT molecular complexity index is 1490. The second kappa shape index (κ2) is 11.8. The zero-order valence-electron chi connectivity index (χ0n) is 18.4. The van der Waals surface area contributed by atoms with E-state index in [0.29, 0.717) is 12.1 Å². The molecule has 0 fully saturated rings. The maximum atomic E-state index is 11.1. The van der Waals surface area contributed by atoms with E-state index in [1.54, 1.807) is 18.2 Å². The topological polar surface area (TPSA) is 150 Å². The highest BCUT2D eigenvalue weighted by atomic mass is 32.1. The third kappa shape index (κ3) is 6.15. The van der Waals surface area contributed by atoms with Crippen LogP contribution in [0.5, 0.6) is 0 Å². The van der Waals surface area contributed by atoms with Crippen LogP contribution in [0.15, 0.2) is 54.6 Å². The molecule has 3 heterocycles. The first-order valence-electron chi connectivity index (χ1n) is 10.1. The van der Waals surface area contributed by atoms with Crippen LogP contribution in [0, 0.1) is 0 Å². The zero-order valence-corrected chi connectivity index (χ0v) is 20.8. The number of aliphatic hydroxyl groups excluding tert-OH is 1. The standard InChI is InChI=1S/C8H6N2O2S.C7H7N3S.C7H6N2OS/c1-12-8(11)5-2-3-6-7(4-5)13-10-9-6;8-4-5-1-2-6-7(3-5)11-10-9-6;10-4-5-1-2-6-7(3-5)11-9-8-6/h2-4H,1H3;1-3H,4,8H2;1-3,10H,4H2. The third-order valence-electron chi connectivity index (χ3n) is 4.71. The number of carbonyl (C=O) groups excluding carboxylic acids is 1. The van der Waals surface area contributed by atoms with Gasteiger partial charge in [-0.25, -0.2) is 4.79 Å². The highest BCUT2D eigenvalue weighted by molar-refractivity contribution is 7.13. The van der Waals surface area contributed by atoms with E-state index in [9.17, 15) is 4.79 Å². The van der Waals surface area contributed by atoms with Crippen LogP contribution >= 0.6 is 34.6 Å². The van der Waals surface area contributed by atoms with E-state index in [1.807, 2.05) is 36.4 Å². The Kier molecular flexibility index (Phi) is 8.28. The van der Waals surface area contributed by atoms with Gasteiger partial charge < -0.3 is 15.6 Å². The molecule has 3 aromatic heterocycles. The average Bonchev–Trinajstić information content (AvgIpc) is 3.67. The molecule has 10 nitrogen and oxygen atoms in total. The Morgan fingerprint density at radius 2 is 1.29 bits per heavy atom. The SMILES string of the molecule is COC(=O)c1ccc2nnsc2c1.NCc1ccc2nnsc2c1.OCc1ccc2nnsc2c1. The quantitative estimate of drug-likeness (QED) is 0.326. The van der Waals surface area contributed by atoms with Crippen molar-refractivity contribution in [2.45, 2.75) is 13.2 Å². The second-order valence-corrected chi connectivity index (χ2v) is 9.32. The number of aromatic nitrogens is 6. The molecule has 3 N–H and O–H groups in total. The number of methoxy groups -OCH3 is 1. The Balaban J connectivity index is 0.000000124. The molecule has 0 unspecified atom stereocenters. The van der Waals surface area contributed by atoms with E-state index < -0.39 is 0 Å². The van der Waals surface area contributed by atoms with Gasteiger partial charge >= 0.3 is 5.97 Å². The van der Waals surface area contributed by atoms with E-state index >= 15 is 0 Å². The predicted octanol–water partition coefficient (Wildman–Crippen LogP) is 3.81. The monoisotopic (exact) mass is 525 g/mol. The van der Waals surface area contributed by atoms with Gasteiger partial charge in [0.15, 0.2) is 0 Å². The number of fused-ring (bicyclic) bond motifs is 3. The lowest BCUT2D eigenvalue weighted by Gasteiger charge is -1.96. The van der Waals surface area contributed by atoms with Crippen LogP contribution in [0.4, 0.5) is 0 Å². The summed E-state index contributed by atoms with van der Waals surface area (Å²) in [5.74, 6) is -0.338. The van der Waals surface area contributed by atoms with Gasteiger partial charge in [0.1, 0.15) is 16.6 Å². The van der Waals surface area contributed by atoms with Gasteiger partial charge in [-0.15, -0.1) is 15.3 Å². The molecule has 178 valence electrons. The number of nitrogens with zero attached hydrogens (tertiary/aromatic N) is 6. The molecule has 6 rings (SSSR count). The van der Waals surface area contributed by atoms with Crippen molar-refractivity contribution in [3.63, 3.8) is 0 Å². The highest BCUT2D eigenvalue weighted by Crippen LogP contribution is 2.18. The van der Waals surface area contributed by atoms with Crippen LogP contribution < -0.4 is 5.73 Å². The van der Waals surface area contributed by atoms with Crippen molar-refractivity contribution >= 4 is 71.2 Å². The van der Waals surface area contributed by atoms with Crippen molar-refractivity contribution in [3.8, 4) is 0 Å². The predicted molar refractivity (Wildman–Crippen MR) is 137 cm³/mol. The smallest absolute Gasteiger partial charge is 0.337 e. The number of hydrogen-bond acceptors (Lipinski definition) is 13. The van der Waals surface area contributed by atoms with Crippen LogP contribution in [0.3, 0.4) is 0 Å². The molecule has 0 aliphatic rings. The normalized spacial score (nSPS) is 10.5. The average molecular weight is 526 g/mol. The van der Waals surface area contributed by atoms with E-state index in [2.05, 4.69) is 33.5 Å². The largest absolute Gasteiger partial charge is 0.465 e. The van der Waals surface area contributed by atoms with Crippen molar-refractivity contribution in [1.29, 1.82) is 0 Å². The minimum absolute atomic E-state index is 0.0772. The molecular formula is C22H19N7O3S3. The molecular weight excluding hydrogens is 506 g/mol. The summed E-state index contributed by atoms with van der Waals surface area (Å²) in [7, 11) is 1.36. The molecule has 0 aliphatic carbocycles. The van der Waals surface area contributed by atoms with Crippen molar-refractivity contribution in [1.82, 2.24) is 28.8 Å². The molecule has 6 aromatic rings. The fraction of sp³-hybridized carbons (Fsp3) is 0.136. The summed E-state index contributed by atoms with van der Waals surface area (Å²) in [6.45, 7) is 0.654. The summed E-state index contributed by atoms with van der Waals surface area (Å²) in [4.78, 5) is 11.1. The first-order valence-corrected chi connectivity index (χ1v) is 12.5. The number of benzene rings is 3. The van der Waals surface area contributed by atoms with Gasteiger partial charge in [-0.05, 0) is 88.2 Å². The molecule has 0 atom stereocenters. The summed E-state index contributed by atoms with van der Waals surface area (Å²) in [5.41, 5.74) is 10.7. The van der Waals surface area contributed by atoms with E-state index in [4.69, 9.17) is 10.8 Å². The van der Waals surface area contributed by atoms with Crippen LogP contribution in [-0.2, 0) is 17.9 Å². The lowest BCUT2D eigenvalue weighted by atomic mass is 10.2. The first kappa shape index (κ1) is 24.6.